The van der Waals surface area contributed by atoms with Crippen LogP contribution < -0.4 is 15.3 Å². The van der Waals surface area contributed by atoms with Gasteiger partial charge >= 0.3 is 0 Å². The number of nitrogens with zero attached hydrogens (tertiary/aromatic N) is 2. The molecule has 0 aromatic heterocycles. The molecular weight excluding hydrogens is 494 g/mol. The van der Waals surface area contributed by atoms with Crippen LogP contribution in [0.1, 0.15) is 37.0 Å². The van der Waals surface area contributed by atoms with Gasteiger partial charge in [0.05, 0.1) is 13.7 Å². The topological polar surface area (TPSA) is 111 Å². The summed E-state index contributed by atoms with van der Waals surface area (Å²) in [5.74, 6) is 6.19. The first kappa shape index (κ1) is 28.9. The molecule has 1 aromatic carbocycles. The summed E-state index contributed by atoms with van der Waals surface area (Å²) in [7, 11) is -0.416. The van der Waals surface area contributed by atoms with Crippen molar-refractivity contribution < 1.29 is 27.4 Å². The Labute approximate surface area is 220 Å². The molecule has 1 saturated heterocycles. The average Bonchev–Trinajstić information content (AvgIpc) is 3.26. The van der Waals surface area contributed by atoms with Gasteiger partial charge in [0.15, 0.2) is 21.3 Å². The predicted octanol–water partition coefficient (Wildman–Crippen LogP) is 3.19. The highest BCUT2D eigenvalue weighted by Crippen LogP contribution is 2.32. The van der Waals surface area contributed by atoms with E-state index in [9.17, 15) is 13.2 Å². The van der Waals surface area contributed by atoms with E-state index in [1.54, 1.807) is 30.3 Å². The molecule has 204 valence electrons. The number of hydrazine groups is 1. The van der Waals surface area contributed by atoms with Gasteiger partial charge in [0.2, 0.25) is 0 Å². The highest BCUT2D eigenvalue weighted by atomic mass is 32.2. The van der Waals surface area contributed by atoms with Crippen molar-refractivity contribution in [2.75, 3.05) is 46.8 Å². The summed E-state index contributed by atoms with van der Waals surface area (Å²) in [4.78, 5) is 15.0. The minimum atomic E-state index is -3.56. The first-order chi connectivity index (χ1) is 17.6. The number of carbonyl (C=O) groups is 1. The molecule has 1 aromatic rings. The van der Waals surface area contributed by atoms with Gasteiger partial charge in [-0.2, -0.15) is 0 Å². The number of fused-ring (bicyclic) bond motifs is 1. The van der Waals surface area contributed by atoms with Crippen molar-refractivity contribution in [2.24, 2.45) is 11.8 Å². The van der Waals surface area contributed by atoms with E-state index < -0.39 is 15.2 Å². The van der Waals surface area contributed by atoms with E-state index in [0.29, 0.717) is 56.2 Å². The van der Waals surface area contributed by atoms with Gasteiger partial charge < -0.3 is 19.1 Å². The van der Waals surface area contributed by atoms with Crippen molar-refractivity contribution in [3.05, 3.63) is 48.0 Å². The summed E-state index contributed by atoms with van der Waals surface area (Å²) >= 11 is 0. The van der Waals surface area contributed by atoms with Gasteiger partial charge in [0.25, 0.3) is 5.91 Å². The lowest BCUT2D eigenvalue weighted by Crippen LogP contribution is -2.52. The SMILES string of the molecule is COCCCOc1cc(C(=O)N(C(C)C)C([C@H]2CCN(N)C2)S(C)(=O)=O)ccc1OC.c1cc2ccc1-2. The largest absolute Gasteiger partial charge is 0.493 e. The number of amides is 1. The maximum atomic E-state index is 13.5. The van der Waals surface area contributed by atoms with Gasteiger partial charge in [-0.15, -0.1) is 0 Å². The molecule has 0 saturated carbocycles. The third-order valence-corrected chi connectivity index (χ3v) is 8.03. The third kappa shape index (κ3) is 7.22. The van der Waals surface area contributed by atoms with Crippen LogP contribution in [0.25, 0.3) is 11.1 Å². The van der Waals surface area contributed by atoms with Gasteiger partial charge in [-0.1, -0.05) is 24.3 Å². The lowest BCUT2D eigenvalue weighted by atomic mass is 9.95. The fourth-order valence-electron chi connectivity index (χ4n) is 4.59. The molecule has 1 heterocycles. The standard InChI is InChI=1S/C21H35N3O6S.C6H4/c1-15(2)24(21(31(5,26)27)17-9-10-23(22)14-17)20(25)16-7-8-18(29-4)19(13-16)30-12-6-11-28-3;1-2-6-4-3-5(1)6/h7-8,13,15,17,21H,6,9-12,14,22H2,1-5H3;1-4H/t17-,21?;/m0./s1. The maximum absolute atomic E-state index is 13.5. The predicted molar refractivity (Wildman–Crippen MR) is 144 cm³/mol. The molecule has 2 atom stereocenters. The fourth-order valence-corrected chi connectivity index (χ4v) is 6.27. The molecule has 37 heavy (non-hydrogen) atoms. The average molecular weight is 534 g/mol. The van der Waals surface area contributed by atoms with Crippen molar-refractivity contribution in [1.29, 1.82) is 0 Å². The number of carbonyl (C=O) groups excluding carboxylic acids is 1. The van der Waals surface area contributed by atoms with Crippen molar-refractivity contribution in [1.82, 2.24) is 9.91 Å². The highest BCUT2D eigenvalue weighted by Gasteiger charge is 2.42. The summed E-state index contributed by atoms with van der Waals surface area (Å²) in [5, 5.41) is 0.646. The Morgan fingerprint density at radius 2 is 1.73 bits per heavy atom. The number of sulfone groups is 1. The smallest absolute Gasteiger partial charge is 0.255 e. The minimum absolute atomic E-state index is 0.255. The summed E-state index contributed by atoms with van der Waals surface area (Å²) < 4.78 is 41.7. The van der Waals surface area contributed by atoms with Crippen molar-refractivity contribution in [3.8, 4) is 22.6 Å². The number of methoxy groups -OCH3 is 2. The first-order valence-corrected chi connectivity index (χ1v) is 14.4. The molecule has 1 amide bonds. The zero-order valence-corrected chi connectivity index (χ0v) is 23.2. The fraction of sp³-hybridized carbons (Fsp3) is 0.519. The second-order valence-corrected chi connectivity index (χ2v) is 11.8. The molecule has 9 nitrogen and oxygen atoms in total. The molecule has 2 N–H and O–H groups in total. The van der Waals surface area contributed by atoms with Crippen LogP contribution in [0.2, 0.25) is 0 Å². The Morgan fingerprint density at radius 3 is 2.16 bits per heavy atom. The Morgan fingerprint density at radius 1 is 1.08 bits per heavy atom. The van der Waals surface area contributed by atoms with Crippen molar-refractivity contribution in [3.63, 3.8) is 0 Å². The number of ether oxygens (including phenoxy) is 3. The molecule has 1 aliphatic heterocycles. The monoisotopic (exact) mass is 533 g/mol. The van der Waals surface area contributed by atoms with Crippen LogP contribution in [-0.4, -0.2) is 82.4 Å². The molecule has 0 radical (unpaired) electrons. The normalized spacial score (nSPS) is 17.1. The van der Waals surface area contributed by atoms with Crippen LogP contribution in [0.15, 0.2) is 42.5 Å². The molecule has 2 aliphatic carbocycles. The molecular formula is C27H39N3O6S. The van der Waals surface area contributed by atoms with Gasteiger partial charge in [-0.05, 0) is 49.6 Å². The Bertz CT molecular complexity index is 1130. The lowest BCUT2D eigenvalue weighted by molar-refractivity contribution is 0.0627. The number of rotatable bonds is 11. The summed E-state index contributed by atoms with van der Waals surface area (Å²) in [5.41, 5.74) is 3.19. The molecule has 10 heteroatoms. The van der Waals surface area contributed by atoms with Crippen LogP contribution in [0, 0.1) is 5.92 Å². The van der Waals surface area contributed by atoms with Gasteiger partial charge in [0.1, 0.15) is 5.37 Å². The van der Waals surface area contributed by atoms with Crippen LogP contribution in [0.3, 0.4) is 0 Å². The molecule has 1 fully saturated rings. The van der Waals surface area contributed by atoms with E-state index in [1.807, 2.05) is 13.8 Å². The highest BCUT2D eigenvalue weighted by molar-refractivity contribution is 7.91. The molecule has 3 aliphatic rings. The number of hydrogen-bond acceptors (Lipinski definition) is 8. The van der Waals surface area contributed by atoms with E-state index in [0.717, 1.165) is 0 Å². The molecule has 0 spiro atoms. The van der Waals surface area contributed by atoms with E-state index in [1.165, 1.54) is 29.4 Å². The van der Waals surface area contributed by atoms with Crippen molar-refractivity contribution in [2.45, 2.75) is 38.1 Å². The first-order valence-electron chi connectivity index (χ1n) is 12.5. The van der Waals surface area contributed by atoms with Gasteiger partial charge in [-0.25, -0.2) is 13.4 Å². The number of nitrogens with two attached hydrogens (primary N) is 1. The zero-order chi connectivity index (χ0) is 27.2. The van der Waals surface area contributed by atoms with Gasteiger partial charge in [-0.3, -0.25) is 10.6 Å². The van der Waals surface area contributed by atoms with E-state index in [2.05, 4.69) is 24.3 Å². The minimum Gasteiger partial charge on any atom is -0.493 e. The lowest BCUT2D eigenvalue weighted by Gasteiger charge is -2.37. The second-order valence-electron chi connectivity index (χ2n) is 9.71. The maximum Gasteiger partial charge on any atom is 0.255 e. The number of benzene rings is 2. The second kappa shape index (κ2) is 12.7. The Balaban J connectivity index is 0.000000542. The van der Waals surface area contributed by atoms with E-state index in [-0.39, 0.29) is 17.9 Å². The summed E-state index contributed by atoms with van der Waals surface area (Å²) in [6.45, 7) is 5.60. The Hall–Kier alpha value is -2.66. The van der Waals surface area contributed by atoms with Crippen LogP contribution in [-0.2, 0) is 14.6 Å². The summed E-state index contributed by atoms with van der Waals surface area (Å²) in [6.07, 6.45) is 2.47. The molecule has 4 rings (SSSR count). The summed E-state index contributed by atoms with van der Waals surface area (Å²) in [6, 6.07) is 13.0. The third-order valence-electron chi connectivity index (χ3n) is 6.54. The van der Waals surface area contributed by atoms with Gasteiger partial charge in [0, 0.05) is 57.0 Å². The van der Waals surface area contributed by atoms with Crippen LogP contribution in [0.4, 0.5) is 0 Å². The van der Waals surface area contributed by atoms with Crippen LogP contribution >= 0.6 is 0 Å². The van der Waals surface area contributed by atoms with Crippen LogP contribution in [0.5, 0.6) is 11.5 Å². The number of hydrogen-bond donors (Lipinski definition) is 1. The Kier molecular flexibility index (Phi) is 9.94. The van der Waals surface area contributed by atoms with E-state index >= 15 is 0 Å². The molecule has 0 bridgehead atoms. The van der Waals surface area contributed by atoms with E-state index in [4.69, 9.17) is 20.1 Å². The quantitative estimate of drug-likeness (QED) is 0.296. The zero-order valence-electron chi connectivity index (χ0n) is 22.3. The van der Waals surface area contributed by atoms with Crippen molar-refractivity contribution >= 4 is 15.7 Å². The molecule has 1 unspecified atom stereocenters.